The van der Waals surface area contributed by atoms with Crippen LogP contribution in [0.15, 0.2) is 0 Å². The molecule has 0 aromatic carbocycles. The Balaban J connectivity index is 2.30. The molecule has 0 rings (SSSR count). The second kappa shape index (κ2) is 3.67. The molecular weight excluding hydrogens is 143 g/mol. The van der Waals surface area contributed by atoms with Crippen molar-refractivity contribution < 1.29 is 8.18 Å². The van der Waals surface area contributed by atoms with Crippen molar-refractivity contribution in [2.75, 3.05) is 0 Å². The normalized spacial score (nSPS) is 10.2. The number of hydrogen-bond acceptors (Lipinski definition) is 2. The Labute approximate surface area is 33.9 Å². The Kier molecular flexibility index (Phi) is 4.28. The molecule has 1 atom stereocenters. The fraction of sp³-hybridized carbons (Fsp3) is 0. The highest BCUT2D eigenvalue weighted by molar-refractivity contribution is 9.06. The molecule has 2 nitrogen and oxygen atoms in total. The van der Waals surface area contributed by atoms with Crippen molar-refractivity contribution in [1.29, 1.82) is 0 Å². The molecule has 0 aliphatic heterocycles. The van der Waals surface area contributed by atoms with Crippen LogP contribution in [0, 0.1) is 0 Å². The summed E-state index contributed by atoms with van der Waals surface area (Å²) in [6.07, 6.45) is 0. The molecule has 0 heterocycles. The minimum atomic E-state index is -1.05. The van der Waals surface area contributed by atoms with Crippen molar-refractivity contribution in [3.63, 3.8) is 0 Å². The lowest BCUT2D eigenvalue weighted by Crippen LogP contribution is -1.19. The van der Waals surface area contributed by atoms with Crippen molar-refractivity contribution in [2.24, 2.45) is 0 Å². The highest BCUT2D eigenvalue weighted by Crippen LogP contribution is 1.97. The molecule has 1 unspecified atom stereocenters. The summed E-state index contributed by atoms with van der Waals surface area (Å²) < 4.78 is 13.0. The average molecular weight is 145 g/mol. The predicted octanol–water partition coefficient (Wildman–Crippen LogP) is 0.984. The average Bonchev–Trinajstić information content (AvgIpc) is 1.37. The molecule has 0 saturated heterocycles. The smallest absolute Gasteiger partial charge is 0.192 e. The highest BCUT2D eigenvalue weighted by Gasteiger charge is 1.48. The lowest BCUT2D eigenvalue weighted by atomic mass is 15.9. The van der Waals surface area contributed by atoms with Crippen molar-refractivity contribution in [3.05, 3.63) is 0 Å². The predicted molar refractivity (Wildman–Crippen MR) is 20.4 cm³/mol. The van der Waals surface area contributed by atoms with E-state index in [2.05, 4.69) is 19.9 Å². The molecule has 26 valence electrons. The molecule has 0 N–H and O–H groups in total. The molecule has 4 heteroatoms. The zero-order valence-electron chi connectivity index (χ0n) is 1.77. The van der Waals surface area contributed by atoms with E-state index < -0.39 is 8.69 Å². The third-order valence-electron chi connectivity index (χ3n) is 0.0364. The molecule has 0 saturated carbocycles. The van der Waals surface area contributed by atoms with Crippen LogP contribution in [0.5, 0.6) is 0 Å². The maximum Gasteiger partial charge on any atom is 0.192 e. The molecule has 4 heavy (non-hydrogen) atoms. The molecule has 0 amide bonds. The second-order valence-electron chi connectivity index (χ2n) is 0.185. The Hall–Kier alpha value is 0.670. The van der Waals surface area contributed by atoms with Gasteiger partial charge in [0.15, 0.2) is 8.69 Å². The van der Waals surface area contributed by atoms with Crippen LogP contribution in [0.25, 0.3) is 0 Å². The van der Waals surface area contributed by atoms with E-state index in [9.17, 15) is 0 Å². The summed E-state index contributed by atoms with van der Waals surface area (Å²) in [6.45, 7) is 0. The van der Waals surface area contributed by atoms with E-state index in [0.717, 1.165) is 0 Å². The minimum absolute atomic E-state index is 1.05. The summed E-state index contributed by atoms with van der Waals surface area (Å²) in [5.41, 5.74) is 0. The van der Waals surface area contributed by atoms with Gasteiger partial charge in [-0.05, 0) is 0 Å². The van der Waals surface area contributed by atoms with Crippen LogP contribution in [0.2, 0.25) is 0 Å². The first kappa shape index (κ1) is 4.67. The quantitative estimate of drug-likeness (QED) is 0.514. The van der Waals surface area contributed by atoms with Gasteiger partial charge in [0, 0.05) is 0 Å². The first-order chi connectivity index (χ1) is 1.91. The fourth-order valence-corrected chi connectivity index (χ4v) is 0. The molecule has 0 spiro atoms. The van der Waals surface area contributed by atoms with Gasteiger partial charge in [-0.25, -0.2) is 0 Å². The van der Waals surface area contributed by atoms with Crippen LogP contribution < -0.4 is 0 Å². The molecule has 0 radical (unpaired) electrons. The first-order valence-corrected chi connectivity index (χ1v) is 2.22. The molecular formula is H2BrO2P. The summed E-state index contributed by atoms with van der Waals surface area (Å²) in [7, 11) is -1.05. The third kappa shape index (κ3) is 2.67. The Morgan fingerprint density at radius 3 is 2.25 bits per heavy atom. The Morgan fingerprint density at radius 1 is 2.00 bits per heavy atom. The van der Waals surface area contributed by atoms with E-state index in [1.165, 1.54) is 0 Å². The van der Waals surface area contributed by atoms with Gasteiger partial charge in [0.1, 0.15) is 16.3 Å². The van der Waals surface area contributed by atoms with Gasteiger partial charge in [-0.1, -0.05) is 0 Å². The zero-order chi connectivity index (χ0) is 3.41. The van der Waals surface area contributed by atoms with Gasteiger partial charge in [-0.2, -0.15) is 0 Å². The number of halogens is 1. The highest BCUT2D eigenvalue weighted by atomic mass is 79.9. The van der Waals surface area contributed by atoms with Gasteiger partial charge < -0.3 is 0 Å². The van der Waals surface area contributed by atoms with Gasteiger partial charge in [0.25, 0.3) is 0 Å². The SMILES string of the molecule is O=[PH2]OBr. The first-order valence-electron chi connectivity index (χ1n) is 0.626. The number of hydrogen-bond donors (Lipinski definition) is 0. The second-order valence-corrected chi connectivity index (χ2v) is 1.68. The summed E-state index contributed by atoms with van der Waals surface area (Å²) in [4.78, 5) is 0. The molecule has 0 aromatic rings. The van der Waals surface area contributed by atoms with Crippen molar-refractivity contribution in [2.45, 2.75) is 0 Å². The van der Waals surface area contributed by atoms with E-state index in [1.807, 2.05) is 0 Å². The molecule has 0 aliphatic rings. The van der Waals surface area contributed by atoms with Crippen LogP contribution in [0.4, 0.5) is 0 Å². The van der Waals surface area contributed by atoms with Gasteiger partial charge in [-0.15, -0.1) is 0 Å². The topological polar surface area (TPSA) is 26.3 Å². The maximum atomic E-state index is 9.11. The molecule has 0 aliphatic carbocycles. The van der Waals surface area contributed by atoms with E-state index in [-0.39, 0.29) is 0 Å². The zero-order valence-corrected chi connectivity index (χ0v) is 4.51. The van der Waals surface area contributed by atoms with Crippen molar-refractivity contribution in [1.82, 2.24) is 0 Å². The van der Waals surface area contributed by atoms with Crippen LogP contribution in [0.1, 0.15) is 0 Å². The summed E-state index contributed by atoms with van der Waals surface area (Å²) in [6, 6.07) is 0. The van der Waals surface area contributed by atoms with Crippen LogP contribution >= 0.6 is 24.9 Å². The monoisotopic (exact) mass is 144 g/mol. The summed E-state index contributed by atoms with van der Waals surface area (Å²) in [5.74, 6) is 0. The molecule has 0 bridgehead atoms. The Morgan fingerprint density at radius 2 is 2.25 bits per heavy atom. The molecule has 0 aromatic heterocycles. The van der Waals surface area contributed by atoms with Crippen LogP contribution in [-0.4, -0.2) is 0 Å². The summed E-state index contributed by atoms with van der Waals surface area (Å²) in [5, 5.41) is 0. The van der Waals surface area contributed by atoms with Crippen molar-refractivity contribution >= 4 is 24.9 Å². The lowest BCUT2D eigenvalue weighted by molar-refractivity contribution is 0.559. The van der Waals surface area contributed by atoms with Gasteiger partial charge in [0.2, 0.25) is 0 Å². The van der Waals surface area contributed by atoms with Crippen LogP contribution in [-0.2, 0) is 8.18 Å². The molecule has 0 fully saturated rings. The van der Waals surface area contributed by atoms with Gasteiger partial charge in [-0.3, -0.25) is 8.18 Å². The lowest BCUT2D eigenvalue weighted by Gasteiger charge is -1.57. The minimum Gasteiger partial charge on any atom is -0.299 e. The van der Waals surface area contributed by atoms with E-state index in [4.69, 9.17) is 4.57 Å². The largest absolute Gasteiger partial charge is 0.299 e. The van der Waals surface area contributed by atoms with Gasteiger partial charge in [0.05, 0.1) is 0 Å². The summed E-state index contributed by atoms with van der Waals surface area (Å²) >= 11 is 2.47. The van der Waals surface area contributed by atoms with E-state index in [0.29, 0.717) is 0 Å². The van der Waals surface area contributed by atoms with Crippen LogP contribution in [0.3, 0.4) is 0 Å². The van der Waals surface area contributed by atoms with E-state index >= 15 is 0 Å². The Bertz CT molecular complexity index is 20.0. The van der Waals surface area contributed by atoms with E-state index in [1.54, 1.807) is 0 Å². The van der Waals surface area contributed by atoms with Gasteiger partial charge >= 0.3 is 0 Å². The maximum absolute atomic E-state index is 9.11. The van der Waals surface area contributed by atoms with Crippen molar-refractivity contribution in [3.8, 4) is 0 Å². The fourth-order valence-electron chi connectivity index (χ4n) is 0. The third-order valence-corrected chi connectivity index (χ3v) is 0.567. The number of rotatable bonds is 1. The standard InChI is InChI=1S/BrH2O2P/c1-3-4-2/h4H2.